The molecule has 0 spiro atoms. The van der Waals surface area contributed by atoms with Gasteiger partial charge in [-0.15, -0.1) is 10.2 Å². The molecule has 0 aliphatic rings. The summed E-state index contributed by atoms with van der Waals surface area (Å²) in [6, 6.07) is 7.69. The van der Waals surface area contributed by atoms with Gasteiger partial charge >= 0.3 is 6.18 Å². The molecular weight excluding hydrogens is 477 g/mol. The van der Waals surface area contributed by atoms with Crippen molar-refractivity contribution in [2.45, 2.75) is 29.3 Å². The van der Waals surface area contributed by atoms with E-state index < -0.39 is 36.6 Å². The van der Waals surface area contributed by atoms with Crippen LogP contribution in [0.25, 0.3) is 0 Å². The second-order valence-corrected chi connectivity index (χ2v) is 11.2. The molecule has 1 aromatic carbocycles. The standard InChI is InChI=1S/C17H15F3N4O4S3/c1-11-2-4-12(5-3-11)30(25,26)9-8-15-22-23-16(29-15)24-31(27,28)13-6-7-14(21-10-13)17(18,19)20/h2-7,10H,8-9H2,1H3,(H,23,24). The number of sulfonamides is 1. The SMILES string of the molecule is Cc1ccc(S(=O)(=O)CCc2nnc(NS(=O)(=O)c3ccc(C(F)(F)F)nc3)s2)cc1. The van der Waals surface area contributed by atoms with Gasteiger partial charge < -0.3 is 0 Å². The molecule has 3 aromatic rings. The van der Waals surface area contributed by atoms with Gasteiger partial charge in [0.2, 0.25) is 5.13 Å². The lowest BCUT2D eigenvalue weighted by atomic mass is 10.2. The Kier molecular flexibility index (Phi) is 6.34. The van der Waals surface area contributed by atoms with Crippen LogP contribution in [0.1, 0.15) is 16.3 Å². The number of alkyl halides is 3. The summed E-state index contributed by atoms with van der Waals surface area (Å²) in [5.74, 6) is -0.250. The minimum Gasteiger partial charge on any atom is -0.253 e. The molecule has 14 heteroatoms. The Morgan fingerprint density at radius 1 is 0.968 bits per heavy atom. The van der Waals surface area contributed by atoms with E-state index in [0.29, 0.717) is 12.3 Å². The fraction of sp³-hybridized carbons (Fsp3) is 0.235. The quantitative estimate of drug-likeness (QED) is 0.538. The van der Waals surface area contributed by atoms with E-state index >= 15 is 0 Å². The van der Waals surface area contributed by atoms with Crippen molar-refractivity contribution < 1.29 is 30.0 Å². The van der Waals surface area contributed by atoms with Gasteiger partial charge in [-0.1, -0.05) is 29.0 Å². The topological polar surface area (TPSA) is 119 Å². The molecule has 0 aliphatic heterocycles. The number of hydrogen-bond acceptors (Lipinski definition) is 8. The molecule has 0 aliphatic carbocycles. The van der Waals surface area contributed by atoms with Gasteiger partial charge in [-0.3, -0.25) is 9.71 Å². The van der Waals surface area contributed by atoms with Crippen LogP contribution in [0.3, 0.4) is 0 Å². The summed E-state index contributed by atoms with van der Waals surface area (Å²) in [6.45, 7) is 1.83. The Morgan fingerprint density at radius 3 is 2.19 bits per heavy atom. The summed E-state index contributed by atoms with van der Waals surface area (Å²) >= 11 is 0.823. The zero-order chi connectivity index (χ0) is 22.9. The van der Waals surface area contributed by atoms with Gasteiger partial charge in [0.25, 0.3) is 10.0 Å². The van der Waals surface area contributed by atoms with Crippen LogP contribution >= 0.6 is 11.3 Å². The minimum absolute atomic E-state index is 0.0113. The van der Waals surface area contributed by atoms with Gasteiger partial charge in [0.05, 0.1) is 10.6 Å². The molecule has 166 valence electrons. The number of aryl methyl sites for hydroxylation is 2. The molecule has 0 fully saturated rings. The van der Waals surface area contributed by atoms with Crippen molar-refractivity contribution in [3.63, 3.8) is 0 Å². The molecule has 0 bridgehead atoms. The second kappa shape index (κ2) is 8.51. The van der Waals surface area contributed by atoms with Gasteiger partial charge in [0.1, 0.15) is 15.6 Å². The van der Waals surface area contributed by atoms with Gasteiger partial charge in [0.15, 0.2) is 9.84 Å². The number of aromatic nitrogens is 3. The van der Waals surface area contributed by atoms with E-state index in [-0.39, 0.29) is 27.2 Å². The van der Waals surface area contributed by atoms with Crippen molar-refractivity contribution in [1.29, 1.82) is 0 Å². The Balaban J connectivity index is 1.67. The normalized spacial score (nSPS) is 12.6. The van der Waals surface area contributed by atoms with E-state index in [9.17, 15) is 30.0 Å². The molecule has 0 amide bonds. The molecule has 0 atom stereocenters. The van der Waals surface area contributed by atoms with Crippen molar-refractivity contribution in [1.82, 2.24) is 15.2 Å². The zero-order valence-electron chi connectivity index (χ0n) is 15.8. The third kappa shape index (κ3) is 5.77. The average Bonchev–Trinajstić information content (AvgIpc) is 3.13. The average molecular weight is 493 g/mol. The van der Waals surface area contributed by atoms with Crippen molar-refractivity contribution in [2.75, 3.05) is 10.5 Å². The van der Waals surface area contributed by atoms with Crippen LogP contribution in [0, 0.1) is 6.92 Å². The highest BCUT2D eigenvalue weighted by Crippen LogP contribution is 2.28. The summed E-state index contributed by atoms with van der Waals surface area (Å²) < 4.78 is 89.2. The van der Waals surface area contributed by atoms with E-state index in [0.717, 1.165) is 23.0 Å². The lowest BCUT2D eigenvalue weighted by Gasteiger charge is -2.07. The third-order valence-corrected chi connectivity index (χ3v) is 8.07. The number of benzene rings is 1. The van der Waals surface area contributed by atoms with Gasteiger partial charge in [-0.2, -0.15) is 13.2 Å². The number of nitrogens with zero attached hydrogens (tertiary/aromatic N) is 3. The van der Waals surface area contributed by atoms with Crippen LogP contribution in [-0.2, 0) is 32.5 Å². The zero-order valence-corrected chi connectivity index (χ0v) is 18.2. The molecule has 0 saturated carbocycles. The highest BCUT2D eigenvalue weighted by Gasteiger charge is 2.32. The van der Waals surface area contributed by atoms with Crippen LogP contribution in [0.4, 0.5) is 18.3 Å². The smallest absolute Gasteiger partial charge is 0.253 e. The monoisotopic (exact) mass is 492 g/mol. The first-order chi connectivity index (χ1) is 14.4. The van der Waals surface area contributed by atoms with Crippen molar-refractivity contribution >= 4 is 36.3 Å². The molecular formula is C17H15F3N4O4S3. The first kappa shape index (κ1) is 23.1. The minimum atomic E-state index is -4.69. The molecule has 31 heavy (non-hydrogen) atoms. The second-order valence-electron chi connectivity index (χ2n) is 6.37. The highest BCUT2D eigenvalue weighted by molar-refractivity contribution is 7.93. The summed E-state index contributed by atoms with van der Waals surface area (Å²) in [7, 11) is -7.80. The Hall–Kier alpha value is -2.58. The Morgan fingerprint density at radius 2 is 1.61 bits per heavy atom. The van der Waals surface area contributed by atoms with Crippen LogP contribution in [-0.4, -0.2) is 37.8 Å². The van der Waals surface area contributed by atoms with Crippen LogP contribution < -0.4 is 4.72 Å². The fourth-order valence-corrected chi connectivity index (χ4v) is 5.65. The fourth-order valence-electron chi connectivity index (χ4n) is 2.36. The van der Waals surface area contributed by atoms with E-state index in [4.69, 9.17) is 0 Å². The number of halogens is 3. The third-order valence-electron chi connectivity index (χ3n) is 3.99. The Labute approximate surface area is 180 Å². The molecule has 2 heterocycles. The summed E-state index contributed by atoms with van der Waals surface area (Å²) in [6.07, 6.45) is -4.10. The van der Waals surface area contributed by atoms with E-state index in [1.807, 2.05) is 6.92 Å². The molecule has 0 radical (unpaired) electrons. The maximum atomic E-state index is 12.6. The number of hydrogen-bond donors (Lipinski definition) is 1. The predicted octanol–water partition coefficient (Wildman–Crippen LogP) is 3.08. The number of anilines is 1. The van der Waals surface area contributed by atoms with Gasteiger partial charge in [-0.25, -0.2) is 16.8 Å². The summed E-state index contributed by atoms with van der Waals surface area (Å²) in [5, 5.41) is 7.54. The van der Waals surface area contributed by atoms with E-state index in [1.165, 1.54) is 12.1 Å². The first-order valence-electron chi connectivity index (χ1n) is 8.55. The van der Waals surface area contributed by atoms with Crippen molar-refractivity contribution in [3.8, 4) is 0 Å². The van der Waals surface area contributed by atoms with Crippen LogP contribution in [0.15, 0.2) is 52.4 Å². The molecule has 3 rings (SSSR count). The lowest BCUT2D eigenvalue weighted by molar-refractivity contribution is -0.141. The number of nitrogens with one attached hydrogen (secondary N) is 1. The maximum Gasteiger partial charge on any atom is 0.433 e. The maximum absolute atomic E-state index is 12.6. The van der Waals surface area contributed by atoms with E-state index in [1.54, 1.807) is 12.1 Å². The van der Waals surface area contributed by atoms with Crippen molar-refractivity contribution in [2.24, 2.45) is 0 Å². The first-order valence-corrected chi connectivity index (χ1v) is 12.5. The van der Waals surface area contributed by atoms with Gasteiger partial charge in [0, 0.05) is 12.6 Å². The van der Waals surface area contributed by atoms with Crippen molar-refractivity contribution in [3.05, 3.63) is 58.9 Å². The van der Waals surface area contributed by atoms with Crippen LogP contribution in [0.5, 0.6) is 0 Å². The number of pyridine rings is 1. The largest absolute Gasteiger partial charge is 0.433 e. The molecule has 8 nitrogen and oxygen atoms in total. The number of rotatable bonds is 7. The molecule has 0 saturated heterocycles. The molecule has 1 N–H and O–H groups in total. The summed E-state index contributed by atoms with van der Waals surface area (Å²) in [5.41, 5.74) is -0.303. The molecule has 2 aromatic heterocycles. The highest BCUT2D eigenvalue weighted by atomic mass is 32.2. The molecule has 0 unspecified atom stereocenters. The van der Waals surface area contributed by atoms with Crippen LogP contribution in [0.2, 0.25) is 0 Å². The Bertz CT molecular complexity index is 1270. The lowest BCUT2D eigenvalue weighted by Crippen LogP contribution is -2.14. The predicted molar refractivity (Wildman–Crippen MR) is 107 cm³/mol. The van der Waals surface area contributed by atoms with Gasteiger partial charge in [-0.05, 0) is 31.2 Å². The van der Waals surface area contributed by atoms with E-state index in [2.05, 4.69) is 19.9 Å². The number of sulfone groups is 1. The summed E-state index contributed by atoms with van der Waals surface area (Å²) in [4.78, 5) is 2.79.